The lowest BCUT2D eigenvalue weighted by Gasteiger charge is -2.30. The molecule has 4 rings (SSSR count). The molecule has 0 saturated carbocycles. The monoisotopic (exact) mass is 462 g/mol. The predicted octanol–water partition coefficient (Wildman–Crippen LogP) is 5.23. The van der Waals surface area contributed by atoms with Crippen LogP contribution in [0.1, 0.15) is 40.7 Å². The van der Waals surface area contributed by atoms with Gasteiger partial charge in [0, 0.05) is 13.1 Å². The topological polar surface area (TPSA) is 58.6 Å². The average Bonchev–Trinajstić information content (AvgIpc) is 3.06. The number of carbonyl (C=O) groups excluding carboxylic acids is 2. The van der Waals surface area contributed by atoms with E-state index in [9.17, 15) is 9.59 Å². The van der Waals surface area contributed by atoms with E-state index >= 15 is 0 Å². The summed E-state index contributed by atoms with van der Waals surface area (Å²) in [5.74, 6) is 0.342. The van der Waals surface area contributed by atoms with E-state index in [0.717, 1.165) is 24.0 Å². The largest absolute Gasteiger partial charge is 0.489 e. The Balaban J connectivity index is 1.57. The van der Waals surface area contributed by atoms with Crippen LogP contribution in [0.5, 0.6) is 5.75 Å². The quantitative estimate of drug-likeness (QED) is 0.523. The summed E-state index contributed by atoms with van der Waals surface area (Å²) in [4.78, 5) is 28.0. The third-order valence-electron chi connectivity index (χ3n) is 5.75. The Hall–Kier alpha value is -3.31. The van der Waals surface area contributed by atoms with Crippen LogP contribution >= 0.6 is 11.6 Å². The van der Waals surface area contributed by atoms with E-state index in [4.69, 9.17) is 16.3 Å². The van der Waals surface area contributed by atoms with Gasteiger partial charge in [0.1, 0.15) is 18.4 Å². The summed E-state index contributed by atoms with van der Waals surface area (Å²) in [5.41, 5.74) is 2.36. The number of benzene rings is 3. The zero-order valence-electron chi connectivity index (χ0n) is 18.4. The average molecular weight is 463 g/mol. The van der Waals surface area contributed by atoms with Crippen molar-refractivity contribution in [2.24, 2.45) is 0 Å². The number of hydrogen-bond donors (Lipinski definition) is 1. The molecule has 1 atom stereocenters. The molecule has 0 spiro atoms. The van der Waals surface area contributed by atoms with E-state index in [1.54, 1.807) is 29.2 Å². The van der Waals surface area contributed by atoms with Crippen molar-refractivity contribution in [3.8, 4) is 5.75 Å². The van der Waals surface area contributed by atoms with Crippen molar-refractivity contribution < 1.29 is 14.3 Å². The van der Waals surface area contributed by atoms with Gasteiger partial charge in [-0.15, -0.1) is 0 Å². The molecule has 0 aliphatic carbocycles. The molecule has 1 saturated heterocycles. The van der Waals surface area contributed by atoms with Gasteiger partial charge in [0.15, 0.2) is 0 Å². The van der Waals surface area contributed by atoms with Gasteiger partial charge in [0.25, 0.3) is 5.91 Å². The maximum absolute atomic E-state index is 13.6. The lowest BCUT2D eigenvalue weighted by molar-refractivity contribution is -0.125. The Morgan fingerprint density at radius 3 is 2.55 bits per heavy atom. The number of halogens is 1. The molecule has 0 aromatic heterocycles. The smallest absolute Gasteiger partial charge is 0.256 e. The molecule has 170 valence electrons. The Kier molecular flexibility index (Phi) is 7.63. The number of hydrogen-bond acceptors (Lipinski definition) is 3. The maximum Gasteiger partial charge on any atom is 0.256 e. The number of amides is 2. The van der Waals surface area contributed by atoms with Gasteiger partial charge in [-0.05, 0) is 54.7 Å². The highest BCUT2D eigenvalue weighted by atomic mass is 35.5. The van der Waals surface area contributed by atoms with Gasteiger partial charge in [0.2, 0.25) is 5.91 Å². The summed E-state index contributed by atoms with van der Waals surface area (Å²) in [7, 11) is 0. The van der Waals surface area contributed by atoms with Crippen molar-refractivity contribution in [2.45, 2.75) is 38.5 Å². The molecule has 1 fully saturated rings. The molecule has 0 radical (unpaired) electrons. The van der Waals surface area contributed by atoms with Gasteiger partial charge < -0.3 is 15.0 Å². The van der Waals surface area contributed by atoms with Gasteiger partial charge in [-0.25, -0.2) is 0 Å². The summed E-state index contributed by atoms with van der Waals surface area (Å²) in [5, 5.41) is 3.32. The molecule has 33 heavy (non-hydrogen) atoms. The third kappa shape index (κ3) is 5.93. The fourth-order valence-electron chi connectivity index (χ4n) is 4.00. The van der Waals surface area contributed by atoms with Crippen molar-refractivity contribution in [3.63, 3.8) is 0 Å². The molecule has 0 bridgehead atoms. The summed E-state index contributed by atoms with van der Waals surface area (Å²) in [6, 6.07) is 24.0. The molecule has 2 amide bonds. The Morgan fingerprint density at radius 2 is 1.73 bits per heavy atom. The molecular weight excluding hydrogens is 436 g/mol. The fourth-order valence-corrected chi connectivity index (χ4v) is 4.22. The zero-order chi connectivity index (χ0) is 23.0. The van der Waals surface area contributed by atoms with Gasteiger partial charge >= 0.3 is 0 Å². The van der Waals surface area contributed by atoms with Crippen LogP contribution in [0.25, 0.3) is 0 Å². The number of carbonyl (C=O) groups is 2. The second kappa shape index (κ2) is 11.0. The minimum absolute atomic E-state index is 0.121. The highest BCUT2D eigenvalue weighted by Crippen LogP contribution is 2.24. The Bertz CT molecular complexity index is 1100. The minimum atomic E-state index is -0.551. The molecule has 6 heteroatoms. The zero-order valence-corrected chi connectivity index (χ0v) is 19.1. The summed E-state index contributed by atoms with van der Waals surface area (Å²) in [6.45, 7) is 1.37. The van der Waals surface area contributed by atoms with E-state index < -0.39 is 6.04 Å². The number of ether oxygens (including phenoxy) is 1. The first kappa shape index (κ1) is 22.9. The molecule has 1 aliphatic heterocycles. The second-order valence-electron chi connectivity index (χ2n) is 8.14. The Morgan fingerprint density at radius 1 is 0.970 bits per heavy atom. The minimum Gasteiger partial charge on any atom is -0.489 e. The van der Waals surface area contributed by atoms with Crippen LogP contribution in [-0.2, 0) is 17.9 Å². The highest BCUT2D eigenvalue weighted by Gasteiger charge is 2.32. The molecule has 1 aliphatic rings. The molecule has 5 nitrogen and oxygen atoms in total. The first-order valence-corrected chi connectivity index (χ1v) is 11.6. The van der Waals surface area contributed by atoms with Crippen LogP contribution in [0.2, 0.25) is 5.02 Å². The van der Waals surface area contributed by atoms with E-state index in [2.05, 4.69) is 5.32 Å². The molecule has 3 aromatic rings. The first-order chi connectivity index (χ1) is 16.1. The third-order valence-corrected chi connectivity index (χ3v) is 6.08. The van der Waals surface area contributed by atoms with Crippen molar-refractivity contribution in [1.29, 1.82) is 0 Å². The molecule has 1 N–H and O–H groups in total. The summed E-state index contributed by atoms with van der Waals surface area (Å²) in [6.07, 6.45) is 2.39. The van der Waals surface area contributed by atoms with E-state index in [1.807, 2.05) is 54.6 Å². The molecule has 3 aromatic carbocycles. The maximum atomic E-state index is 13.6. The van der Waals surface area contributed by atoms with Gasteiger partial charge in [-0.3, -0.25) is 9.59 Å². The van der Waals surface area contributed by atoms with Crippen LogP contribution in [-0.4, -0.2) is 29.3 Å². The lowest BCUT2D eigenvalue weighted by Crippen LogP contribution is -2.48. The van der Waals surface area contributed by atoms with E-state index in [-0.39, 0.29) is 18.4 Å². The number of nitrogens with zero attached hydrogens (tertiary/aromatic N) is 1. The van der Waals surface area contributed by atoms with E-state index in [0.29, 0.717) is 35.9 Å². The standard InChI is InChI=1S/C27H27ClN2O3/c28-24-14-5-4-13-23(24)27(32)30(25-15-6-7-16-29-26(25)31)18-21-11-8-12-22(17-21)33-19-20-9-2-1-3-10-20/h1-5,8-14,17,25H,6-7,15-16,18-19H2,(H,29,31). The Labute approximate surface area is 199 Å². The second-order valence-corrected chi connectivity index (χ2v) is 8.54. The van der Waals surface area contributed by atoms with Gasteiger partial charge in [0.05, 0.1) is 10.6 Å². The lowest BCUT2D eigenvalue weighted by atomic mass is 10.0. The molecule has 1 unspecified atom stereocenters. The first-order valence-electron chi connectivity index (χ1n) is 11.2. The predicted molar refractivity (Wildman–Crippen MR) is 129 cm³/mol. The normalized spacial score (nSPS) is 15.9. The van der Waals surface area contributed by atoms with Crippen molar-refractivity contribution in [2.75, 3.05) is 6.54 Å². The van der Waals surface area contributed by atoms with E-state index in [1.165, 1.54) is 0 Å². The SMILES string of the molecule is O=C1NCCCCC1N(Cc1cccc(OCc2ccccc2)c1)C(=O)c1ccccc1Cl. The van der Waals surface area contributed by atoms with Crippen molar-refractivity contribution in [3.05, 3.63) is 101 Å². The van der Waals surface area contributed by atoms with Gasteiger partial charge in [-0.1, -0.05) is 66.2 Å². The summed E-state index contributed by atoms with van der Waals surface area (Å²) < 4.78 is 5.96. The molecular formula is C27H27ClN2O3. The van der Waals surface area contributed by atoms with Crippen LogP contribution < -0.4 is 10.1 Å². The fraction of sp³-hybridized carbons (Fsp3) is 0.259. The molecule has 1 heterocycles. The van der Waals surface area contributed by atoms with Crippen LogP contribution in [0, 0.1) is 0 Å². The van der Waals surface area contributed by atoms with Crippen LogP contribution in [0.3, 0.4) is 0 Å². The van der Waals surface area contributed by atoms with Gasteiger partial charge in [-0.2, -0.15) is 0 Å². The highest BCUT2D eigenvalue weighted by molar-refractivity contribution is 6.33. The van der Waals surface area contributed by atoms with Crippen molar-refractivity contribution >= 4 is 23.4 Å². The number of nitrogens with one attached hydrogen (secondary N) is 1. The summed E-state index contributed by atoms with van der Waals surface area (Å²) >= 11 is 6.33. The van der Waals surface area contributed by atoms with Crippen molar-refractivity contribution in [1.82, 2.24) is 10.2 Å². The van der Waals surface area contributed by atoms with Crippen LogP contribution in [0.4, 0.5) is 0 Å². The number of rotatable bonds is 7. The van der Waals surface area contributed by atoms with Crippen LogP contribution in [0.15, 0.2) is 78.9 Å².